The zero-order valence-corrected chi connectivity index (χ0v) is 12.0. The van der Waals surface area contributed by atoms with E-state index in [0.29, 0.717) is 11.6 Å². The van der Waals surface area contributed by atoms with E-state index in [9.17, 15) is 0 Å². The molecule has 0 bridgehead atoms. The first-order chi connectivity index (χ1) is 9.26. The van der Waals surface area contributed by atoms with Crippen molar-refractivity contribution in [3.05, 3.63) is 46.2 Å². The summed E-state index contributed by atoms with van der Waals surface area (Å²) in [5.74, 6) is 0. The number of nitrogens with two attached hydrogens (primary N) is 1. The normalized spacial score (nSPS) is 13.6. The summed E-state index contributed by atoms with van der Waals surface area (Å²) in [5.41, 5.74) is 9.50. The molecule has 0 saturated heterocycles. The summed E-state index contributed by atoms with van der Waals surface area (Å²) < 4.78 is 0. The molecule has 0 spiro atoms. The highest BCUT2D eigenvalue weighted by atomic mass is 35.5. The number of halogens is 1. The third kappa shape index (κ3) is 2.76. The molecule has 1 aliphatic rings. The Bertz CT molecular complexity index is 598. The Morgan fingerprint density at radius 1 is 1.32 bits per heavy atom. The van der Waals surface area contributed by atoms with E-state index < -0.39 is 0 Å². The first-order valence-corrected chi connectivity index (χ1v) is 7.47. The summed E-state index contributed by atoms with van der Waals surface area (Å²) >= 11 is 7.40. The van der Waals surface area contributed by atoms with Gasteiger partial charge in [0.15, 0.2) is 0 Å². The van der Waals surface area contributed by atoms with Crippen LogP contribution in [-0.2, 0) is 19.4 Å². The van der Waals surface area contributed by atoms with Crippen molar-refractivity contribution in [2.45, 2.75) is 35.9 Å². The Kier molecular flexibility index (Phi) is 3.73. The fourth-order valence-electron chi connectivity index (χ4n) is 2.26. The topological polar surface area (TPSA) is 51.8 Å². The maximum Gasteiger partial charge on any atom is 0.107 e. The molecular weight excluding hydrogens is 278 g/mol. The quantitative estimate of drug-likeness (QED) is 0.943. The largest absolute Gasteiger partial charge is 0.326 e. The van der Waals surface area contributed by atoms with Crippen LogP contribution in [0.25, 0.3) is 0 Å². The van der Waals surface area contributed by atoms with E-state index in [2.05, 4.69) is 11.1 Å². The lowest BCUT2D eigenvalue weighted by atomic mass is 10.1. The molecular formula is C14H14ClN3S. The molecule has 98 valence electrons. The molecule has 3 rings (SSSR count). The molecule has 3 nitrogen and oxygen atoms in total. The van der Waals surface area contributed by atoms with Crippen LogP contribution in [0.1, 0.15) is 23.2 Å². The number of aromatic nitrogens is 2. The van der Waals surface area contributed by atoms with Gasteiger partial charge in [-0.25, -0.2) is 9.97 Å². The highest BCUT2D eigenvalue weighted by Crippen LogP contribution is 2.31. The third-order valence-electron chi connectivity index (χ3n) is 3.21. The van der Waals surface area contributed by atoms with Gasteiger partial charge < -0.3 is 5.73 Å². The minimum Gasteiger partial charge on any atom is -0.326 e. The number of pyridine rings is 2. The van der Waals surface area contributed by atoms with Crippen LogP contribution >= 0.6 is 23.4 Å². The molecule has 0 radical (unpaired) electrons. The van der Waals surface area contributed by atoms with Crippen LogP contribution in [0.3, 0.4) is 0 Å². The van der Waals surface area contributed by atoms with E-state index in [0.717, 1.165) is 28.5 Å². The smallest absolute Gasteiger partial charge is 0.107 e. The number of aryl methyl sites for hydroxylation is 2. The SMILES string of the molecule is NCc1cc2c(nc1Sc1ccc(Cl)cn1)CCC2. The van der Waals surface area contributed by atoms with Gasteiger partial charge in [-0.15, -0.1) is 0 Å². The Morgan fingerprint density at radius 3 is 2.95 bits per heavy atom. The summed E-state index contributed by atoms with van der Waals surface area (Å²) in [5, 5.41) is 2.51. The van der Waals surface area contributed by atoms with Crippen LogP contribution in [0, 0.1) is 0 Å². The van der Waals surface area contributed by atoms with Crippen LogP contribution in [0.15, 0.2) is 34.4 Å². The van der Waals surface area contributed by atoms with E-state index in [-0.39, 0.29) is 0 Å². The van der Waals surface area contributed by atoms with Gasteiger partial charge in [0.1, 0.15) is 10.1 Å². The Morgan fingerprint density at radius 2 is 2.21 bits per heavy atom. The lowest BCUT2D eigenvalue weighted by Gasteiger charge is -2.09. The molecule has 5 heteroatoms. The van der Waals surface area contributed by atoms with Crippen molar-refractivity contribution >= 4 is 23.4 Å². The molecule has 1 aliphatic carbocycles. The number of hydrogen-bond acceptors (Lipinski definition) is 4. The molecule has 19 heavy (non-hydrogen) atoms. The number of hydrogen-bond donors (Lipinski definition) is 1. The zero-order valence-electron chi connectivity index (χ0n) is 10.4. The van der Waals surface area contributed by atoms with Crippen molar-refractivity contribution in [1.29, 1.82) is 0 Å². The third-order valence-corrected chi connectivity index (χ3v) is 4.43. The summed E-state index contributed by atoms with van der Waals surface area (Å²) in [6, 6.07) is 5.95. The van der Waals surface area contributed by atoms with Gasteiger partial charge in [0, 0.05) is 18.4 Å². The first kappa shape index (κ1) is 12.9. The fourth-order valence-corrected chi connectivity index (χ4v) is 3.24. The van der Waals surface area contributed by atoms with Crippen LogP contribution in [0.5, 0.6) is 0 Å². The Hall–Kier alpha value is -1.10. The number of rotatable bonds is 3. The molecule has 2 aromatic heterocycles. The van der Waals surface area contributed by atoms with Gasteiger partial charge in [-0.1, -0.05) is 17.7 Å². The van der Waals surface area contributed by atoms with Crippen LogP contribution in [0.4, 0.5) is 0 Å². The minimum absolute atomic E-state index is 0.510. The summed E-state index contributed by atoms with van der Waals surface area (Å²) in [7, 11) is 0. The van der Waals surface area contributed by atoms with Crippen LogP contribution < -0.4 is 5.73 Å². The number of nitrogens with zero attached hydrogens (tertiary/aromatic N) is 2. The maximum atomic E-state index is 5.84. The van der Waals surface area contributed by atoms with Crippen molar-refractivity contribution in [3.8, 4) is 0 Å². The molecule has 0 unspecified atom stereocenters. The summed E-state index contributed by atoms with van der Waals surface area (Å²) in [6.07, 6.45) is 5.04. The van der Waals surface area contributed by atoms with E-state index >= 15 is 0 Å². The van der Waals surface area contributed by atoms with Gasteiger partial charge in [-0.3, -0.25) is 0 Å². The summed E-state index contributed by atoms with van der Waals surface area (Å²) in [4.78, 5) is 9.04. The van der Waals surface area contributed by atoms with Crippen molar-refractivity contribution < 1.29 is 0 Å². The highest BCUT2D eigenvalue weighted by molar-refractivity contribution is 7.99. The average molecular weight is 292 g/mol. The molecule has 2 heterocycles. The second kappa shape index (κ2) is 5.49. The van der Waals surface area contributed by atoms with E-state index in [1.165, 1.54) is 17.7 Å². The van der Waals surface area contributed by atoms with Crippen molar-refractivity contribution in [3.63, 3.8) is 0 Å². The standard InChI is InChI=1S/C14H14ClN3S/c15-11-4-5-13(17-8-11)19-14-10(7-16)6-9-2-1-3-12(9)18-14/h4-6,8H,1-3,7,16H2. The van der Waals surface area contributed by atoms with Crippen molar-refractivity contribution in [2.24, 2.45) is 5.73 Å². The average Bonchev–Trinajstić information content (AvgIpc) is 2.87. The zero-order chi connectivity index (χ0) is 13.2. The van der Waals surface area contributed by atoms with Gasteiger partial charge in [0.2, 0.25) is 0 Å². The second-order valence-electron chi connectivity index (χ2n) is 4.53. The monoisotopic (exact) mass is 291 g/mol. The predicted octanol–water partition coefficient (Wildman–Crippen LogP) is 3.23. The molecule has 0 atom stereocenters. The molecule has 0 amide bonds. The molecule has 0 aliphatic heterocycles. The lowest BCUT2D eigenvalue weighted by Crippen LogP contribution is -2.03. The van der Waals surface area contributed by atoms with E-state index in [4.69, 9.17) is 22.3 Å². The second-order valence-corrected chi connectivity index (χ2v) is 5.98. The fraction of sp³-hybridized carbons (Fsp3) is 0.286. The van der Waals surface area contributed by atoms with E-state index in [1.807, 2.05) is 12.1 Å². The Balaban J connectivity index is 1.93. The minimum atomic E-state index is 0.510. The molecule has 0 saturated carbocycles. The highest BCUT2D eigenvalue weighted by Gasteiger charge is 2.16. The van der Waals surface area contributed by atoms with Gasteiger partial charge in [-0.2, -0.15) is 0 Å². The van der Waals surface area contributed by atoms with Gasteiger partial charge >= 0.3 is 0 Å². The van der Waals surface area contributed by atoms with Crippen LogP contribution in [-0.4, -0.2) is 9.97 Å². The van der Waals surface area contributed by atoms with Crippen LogP contribution in [0.2, 0.25) is 5.02 Å². The molecule has 2 aromatic rings. The van der Waals surface area contributed by atoms with Gasteiger partial charge in [-0.05, 0) is 54.3 Å². The maximum absolute atomic E-state index is 5.84. The van der Waals surface area contributed by atoms with Gasteiger partial charge in [0.05, 0.1) is 5.02 Å². The Labute approximate surface area is 121 Å². The van der Waals surface area contributed by atoms with Crippen molar-refractivity contribution in [1.82, 2.24) is 9.97 Å². The van der Waals surface area contributed by atoms with Gasteiger partial charge in [0.25, 0.3) is 0 Å². The molecule has 0 aromatic carbocycles. The van der Waals surface area contributed by atoms with Crippen molar-refractivity contribution in [2.75, 3.05) is 0 Å². The molecule has 2 N–H and O–H groups in total. The summed E-state index contributed by atoms with van der Waals surface area (Å²) in [6.45, 7) is 0.510. The molecule has 0 fully saturated rings. The predicted molar refractivity (Wildman–Crippen MR) is 77.5 cm³/mol. The lowest BCUT2D eigenvalue weighted by molar-refractivity contribution is 0.883. The first-order valence-electron chi connectivity index (χ1n) is 6.27. The van der Waals surface area contributed by atoms with E-state index in [1.54, 1.807) is 18.0 Å². The number of fused-ring (bicyclic) bond motifs is 1.